The zero-order chi connectivity index (χ0) is 22.4. The van der Waals surface area contributed by atoms with Crippen molar-refractivity contribution in [1.82, 2.24) is 0 Å². The Morgan fingerprint density at radius 3 is 2.57 bits per heavy atom. The number of ether oxygens (including phenoxy) is 1. The number of aliphatic hydroxyl groups excluding tert-OH is 2. The molecule has 0 radical (unpaired) electrons. The maximum Gasteiger partial charge on any atom is 0.308 e. The molecule has 8 atom stereocenters. The summed E-state index contributed by atoms with van der Waals surface area (Å²) in [6.07, 6.45) is 7.07. The highest BCUT2D eigenvalue weighted by atomic mass is 16.5. The average Bonchev–Trinajstić information content (AvgIpc) is 2.65. The van der Waals surface area contributed by atoms with Crippen LogP contribution in [0.15, 0.2) is 23.8 Å². The highest BCUT2D eigenvalue weighted by Crippen LogP contribution is 2.45. The van der Waals surface area contributed by atoms with Crippen LogP contribution in [-0.2, 0) is 14.3 Å². The minimum atomic E-state index is -1.07. The molecule has 6 heteroatoms. The number of carbonyl (C=O) groups excluding carboxylic acids is 1. The fourth-order valence-electron chi connectivity index (χ4n) is 4.76. The number of carboxylic acids is 1. The van der Waals surface area contributed by atoms with Gasteiger partial charge in [0, 0.05) is 5.92 Å². The van der Waals surface area contributed by atoms with Gasteiger partial charge in [-0.3, -0.25) is 9.59 Å². The molecule has 0 saturated heterocycles. The second-order valence-corrected chi connectivity index (χ2v) is 9.29. The van der Waals surface area contributed by atoms with Gasteiger partial charge in [-0.2, -0.15) is 0 Å². The van der Waals surface area contributed by atoms with Crippen LogP contribution in [0.4, 0.5) is 0 Å². The lowest BCUT2D eigenvalue weighted by Crippen LogP contribution is -2.41. The lowest BCUT2D eigenvalue weighted by atomic mass is 9.65. The number of hydrogen-bond acceptors (Lipinski definition) is 5. The van der Waals surface area contributed by atoms with E-state index in [9.17, 15) is 19.8 Å². The third-order valence-electron chi connectivity index (χ3n) is 6.67. The Morgan fingerprint density at radius 1 is 1.23 bits per heavy atom. The van der Waals surface area contributed by atoms with Gasteiger partial charge in [0.05, 0.1) is 24.5 Å². The molecule has 0 unspecified atom stereocenters. The van der Waals surface area contributed by atoms with E-state index in [1.54, 1.807) is 0 Å². The summed E-state index contributed by atoms with van der Waals surface area (Å²) in [5.41, 5.74) is 1.21. The maximum atomic E-state index is 12.5. The van der Waals surface area contributed by atoms with Gasteiger partial charge in [0.25, 0.3) is 0 Å². The van der Waals surface area contributed by atoms with Crippen LogP contribution in [0, 0.1) is 29.6 Å². The lowest BCUT2D eigenvalue weighted by Gasteiger charge is -2.43. The Bertz CT molecular complexity index is 654. The van der Waals surface area contributed by atoms with E-state index >= 15 is 0 Å². The summed E-state index contributed by atoms with van der Waals surface area (Å²) in [5, 5.41) is 28.9. The van der Waals surface area contributed by atoms with Gasteiger partial charge in [-0.05, 0) is 55.4 Å². The Balaban J connectivity index is 2.09. The molecular formula is C24H38O6. The van der Waals surface area contributed by atoms with Gasteiger partial charge in [-0.15, -0.1) is 0 Å². The third kappa shape index (κ3) is 6.67. The molecule has 0 amide bonds. The normalized spacial score (nSPS) is 31.3. The van der Waals surface area contributed by atoms with E-state index in [-0.39, 0.29) is 48.6 Å². The molecule has 0 saturated carbocycles. The molecule has 0 fully saturated rings. The Morgan fingerprint density at radius 2 is 1.93 bits per heavy atom. The molecule has 0 spiro atoms. The second kappa shape index (κ2) is 11.1. The first-order valence-electron chi connectivity index (χ1n) is 11.3. The first-order valence-corrected chi connectivity index (χ1v) is 11.3. The van der Waals surface area contributed by atoms with Crippen molar-refractivity contribution in [2.75, 3.05) is 0 Å². The van der Waals surface area contributed by atoms with E-state index in [1.807, 2.05) is 13.8 Å². The predicted molar refractivity (Wildman–Crippen MR) is 115 cm³/mol. The maximum absolute atomic E-state index is 12.5. The number of hydrogen-bond donors (Lipinski definition) is 3. The van der Waals surface area contributed by atoms with Gasteiger partial charge in [-0.1, -0.05) is 45.9 Å². The summed E-state index contributed by atoms with van der Waals surface area (Å²) in [5.74, 6) is -0.406. The van der Waals surface area contributed by atoms with Crippen LogP contribution in [0.1, 0.15) is 66.2 Å². The zero-order valence-electron chi connectivity index (χ0n) is 18.7. The molecule has 30 heavy (non-hydrogen) atoms. The number of rotatable bonds is 10. The van der Waals surface area contributed by atoms with E-state index in [4.69, 9.17) is 9.84 Å². The van der Waals surface area contributed by atoms with Gasteiger partial charge in [0.15, 0.2) is 0 Å². The van der Waals surface area contributed by atoms with Crippen LogP contribution in [0.3, 0.4) is 0 Å². The van der Waals surface area contributed by atoms with Crippen LogP contribution in [0.25, 0.3) is 0 Å². The van der Waals surface area contributed by atoms with Crippen molar-refractivity contribution in [2.45, 2.75) is 84.5 Å². The highest BCUT2D eigenvalue weighted by molar-refractivity contribution is 5.72. The fourth-order valence-corrected chi connectivity index (χ4v) is 4.76. The minimum Gasteiger partial charge on any atom is -0.481 e. The van der Waals surface area contributed by atoms with Crippen molar-refractivity contribution >= 4 is 11.9 Å². The molecule has 0 aliphatic heterocycles. The van der Waals surface area contributed by atoms with Gasteiger partial charge in [0.2, 0.25) is 0 Å². The smallest absolute Gasteiger partial charge is 0.308 e. The predicted octanol–water partition coefficient (Wildman–Crippen LogP) is 3.72. The van der Waals surface area contributed by atoms with E-state index in [0.717, 1.165) is 19.3 Å². The standard InChI is InChI=1S/C24H38O6/c1-5-15(3)24(29)30-21-11-14(2)10-17-7-6-16(4)20(23(17)21)9-8-18(25)12-19(26)13-22(27)28/h6-7,10,14-16,18-21,23,25-26H,5,8-9,11-13H2,1-4H3,(H,27,28)/t14-,15-,16-,18-,19+,20-,21-,23-/m0/s1. The molecule has 0 aromatic heterocycles. The molecule has 3 N–H and O–H groups in total. The van der Waals surface area contributed by atoms with Gasteiger partial charge in [-0.25, -0.2) is 0 Å². The average molecular weight is 423 g/mol. The molecular weight excluding hydrogens is 384 g/mol. The summed E-state index contributed by atoms with van der Waals surface area (Å²) >= 11 is 0. The number of carboxylic acid groups (broad SMARTS) is 1. The number of fused-ring (bicyclic) bond motifs is 1. The first-order chi connectivity index (χ1) is 14.1. The monoisotopic (exact) mass is 422 g/mol. The molecule has 6 nitrogen and oxygen atoms in total. The molecule has 0 aromatic carbocycles. The van der Waals surface area contributed by atoms with Crippen molar-refractivity contribution in [3.63, 3.8) is 0 Å². The summed E-state index contributed by atoms with van der Waals surface area (Å²) < 4.78 is 6.00. The number of carbonyl (C=O) groups is 2. The van der Waals surface area contributed by atoms with E-state index < -0.39 is 18.2 Å². The number of aliphatic carboxylic acids is 1. The molecule has 2 rings (SSSR count). The summed E-state index contributed by atoms with van der Waals surface area (Å²) in [6.45, 7) is 8.16. The summed E-state index contributed by atoms with van der Waals surface area (Å²) in [6, 6.07) is 0. The van der Waals surface area contributed by atoms with Crippen LogP contribution in [0.2, 0.25) is 0 Å². The van der Waals surface area contributed by atoms with Gasteiger partial charge >= 0.3 is 11.9 Å². The molecule has 2 aliphatic rings. The summed E-state index contributed by atoms with van der Waals surface area (Å²) in [7, 11) is 0. The number of esters is 1. The Kier molecular flexibility index (Phi) is 9.10. The van der Waals surface area contributed by atoms with E-state index in [2.05, 4.69) is 32.1 Å². The third-order valence-corrected chi connectivity index (χ3v) is 6.67. The summed E-state index contributed by atoms with van der Waals surface area (Å²) in [4.78, 5) is 23.2. The van der Waals surface area contributed by atoms with Crippen molar-refractivity contribution in [1.29, 1.82) is 0 Å². The quantitative estimate of drug-likeness (QED) is 0.464. The highest BCUT2D eigenvalue weighted by Gasteiger charge is 2.41. The molecule has 0 aromatic rings. The molecule has 0 bridgehead atoms. The van der Waals surface area contributed by atoms with Gasteiger partial charge in [0.1, 0.15) is 6.10 Å². The minimum absolute atomic E-state index is 0.0556. The van der Waals surface area contributed by atoms with Crippen LogP contribution in [-0.4, -0.2) is 45.6 Å². The molecule has 0 heterocycles. The molecule has 2 aliphatic carbocycles. The SMILES string of the molecule is CC[C@H](C)C(=O)O[C@H]1C[C@@H](C)C=C2C=C[C@H](C)[C@H](CC[C@H](O)C[C@@H](O)CC(=O)O)[C@H]21. The van der Waals surface area contributed by atoms with Crippen LogP contribution >= 0.6 is 0 Å². The Labute approximate surface area is 180 Å². The number of allylic oxidation sites excluding steroid dienone is 3. The Hall–Kier alpha value is -1.66. The zero-order valence-corrected chi connectivity index (χ0v) is 18.7. The fraction of sp³-hybridized carbons (Fsp3) is 0.750. The topological polar surface area (TPSA) is 104 Å². The van der Waals surface area contributed by atoms with E-state index in [1.165, 1.54) is 5.57 Å². The largest absolute Gasteiger partial charge is 0.481 e. The van der Waals surface area contributed by atoms with Crippen LogP contribution in [0.5, 0.6) is 0 Å². The number of aliphatic hydroxyl groups is 2. The lowest BCUT2D eigenvalue weighted by molar-refractivity contribution is -0.158. The van der Waals surface area contributed by atoms with Crippen molar-refractivity contribution in [3.05, 3.63) is 23.8 Å². The first kappa shape index (κ1) is 24.6. The molecule has 170 valence electrons. The van der Waals surface area contributed by atoms with Crippen molar-refractivity contribution in [3.8, 4) is 0 Å². The van der Waals surface area contributed by atoms with Crippen LogP contribution < -0.4 is 0 Å². The van der Waals surface area contributed by atoms with Gasteiger partial charge < -0.3 is 20.1 Å². The van der Waals surface area contributed by atoms with E-state index in [0.29, 0.717) is 12.3 Å². The van der Waals surface area contributed by atoms with Crippen molar-refractivity contribution in [2.24, 2.45) is 29.6 Å². The van der Waals surface area contributed by atoms with Crippen molar-refractivity contribution < 1.29 is 29.6 Å². The second-order valence-electron chi connectivity index (χ2n) is 9.29.